The lowest BCUT2D eigenvalue weighted by atomic mass is 9.77. The maximum atomic E-state index is 6.21. The molecule has 2 aliphatic heterocycles. The zero-order chi connectivity index (χ0) is 14.9. The average molecular weight is 303 g/mol. The number of hydrogen-bond acceptors (Lipinski definition) is 4. The number of hydrogen-bond donors (Lipinski definition) is 1. The summed E-state index contributed by atoms with van der Waals surface area (Å²) in [5, 5.41) is 3.73. The molecule has 22 heavy (non-hydrogen) atoms. The van der Waals surface area contributed by atoms with Crippen LogP contribution >= 0.6 is 0 Å². The van der Waals surface area contributed by atoms with Gasteiger partial charge in [0.05, 0.1) is 18.8 Å². The highest BCUT2D eigenvalue weighted by Gasteiger charge is 2.52. The smallest absolute Gasteiger partial charge is 0.168 e. The van der Waals surface area contributed by atoms with Crippen LogP contribution in [0.3, 0.4) is 0 Å². The molecule has 0 radical (unpaired) electrons. The van der Waals surface area contributed by atoms with Crippen LogP contribution in [0.1, 0.15) is 37.7 Å². The number of benzene rings is 1. The molecule has 1 aromatic rings. The third-order valence-electron chi connectivity index (χ3n) is 5.50. The Hall–Kier alpha value is -0.940. The van der Waals surface area contributed by atoms with E-state index in [2.05, 4.69) is 35.6 Å². The molecule has 120 valence electrons. The van der Waals surface area contributed by atoms with E-state index in [9.17, 15) is 0 Å². The molecular weight excluding hydrogens is 278 g/mol. The Balaban J connectivity index is 1.39. The molecular formula is C18H25NO3. The van der Waals surface area contributed by atoms with Gasteiger partial charge in [0.25, 0.3) is 0 Å². The van der Waals surface area contributed by atoms with Crippen LogP contribution in [0.15, 0.2) is 30.3 Å². The van der Waals surface area contributed by atoms with Gasteiger partial charge in [0, 0.05) is 32.0 Å². The second kappa shape index (κ2) is 5.93. The molecule has 1 N–H and O–H groups in total. The summed E-state index contributed by atoms with van der Waals surface area (Å²) in [6.07, 6.45) is 5.06. The molecule has 3 aliphatic rings. The van der Waals surface area contributed by atoms with Crippen LogP contribution in [0, 0.1) is 0 Å². The number of nitrogens with one attached hydrogen (secondary N) is 1. The van der Waals surface area contributed by atoms with Gasteiger partial charge >= 0.3 is 0 Å². The molecule has 4 heteroatoms. The molecule has 4 nitrogen and oxygen atoms in total. The van der Waals surface area contributed by atoms with Crippen molar-refractivity contribution in [1.29, 1.82) is 0 Å². The Morgan fingerprint density at radius 2 is 1.64 bits per heavy atom. The fraction of sp³-hybridized carbons (Fsp3) is 0.667. The first kappa shape index (κ1) is 14.6. The summed E-state index contributed by atoms with van der Waals surface area (Å²) in [6, 6.07) is 11.0. The van der Waals surface area contributed by atoms with Gasteiger partial charge in [0.2, 0.25) is 0 Å². The third-order valence-corrected chi connectivity index (χ3v) is 5.50. The minimum atomic E-state index is -0.304. The molecule has 1 aromatic carbocycles. The molecule has 1 saturated carbocycles. The lowest BCUT2D eigenvalue weighted by Gasteiger charge is -2.44. The molecule has 1 aliphatic carbocycles. The zero-order valence-electron chi connectivity index (χ0n) is 13.1. The lowest BCUT2D eigenvalue weighted by molar-refractivity contribution is -0.206. The minimum absolute atomic E-state index is 0.0185. The van der Waals surface area contributed by atoms with Crippen LogP contribution < -0.4 is 5.32 Å². The van der Waals surface area contributed by atoms with Crippen LogP contribution in [0.2, 0.25) is 0 Å². The van der Waals surface area contributed by atoms with Crippen molar-refractivity contribution in [2.45, 2.75) is 56.1 Å². The molecule has 0 unspecified atom stereocenters. The predicted molar refractivity (Wildman–Crippen MR) is 83.5 cm³/mol. The van der Waals surface area contributed by atoms with E-state index in [4.69, 9.17) is 14.2 Å². The molecule has 2 spiro atoms. The van der Waals surface area contributed by atoms with Gasteiger partial charge < -0.3 is 19.5 Å². The van der Waals surface area contributed by atoms with Crippen LogP contribution in [0.5, 0.6) is 0 Å². The summed E-state index contributed by atoms with van der Waals surface area (Å²) < 4.78 is 17.9. The van der Waals surface area contributed by atoms with Gasteiger partial charge in [0.15, 0.2) is 5.79 Å². The maximum absolute atomic E-state index is 6.21. The van der Waals surface area contributed by atoms with Gasteiger partial charge in [-0.15, -0.1) is 0 Å². The van der Waals surface area contributed by atoms with Crippen molar-refractivity contribution < 1.29 is 14.2 Å². The van der Waals surface area contributed by atoms with Crippen molar-refractivity contribution in [3.63, 3.8) is 0 Å². The average Bonchev–Trinajstić information content (AvgIpc) is 3.17. The van der Waals surface area contributed by atoms with Crippen molar-refractivity contribution in [2.75, 3.05) is 19.8 Å². The van der Waals surface area contributed by atoms with E-state index in [0.717, 1.165) is 58.5 Å². The topological polar surface area (TPSA) is 39.7 Å². The molecule has 2 heterocycles. The number of ether oxygens (including phenoxy) is 3. The first-order valence-electron chi connectivity index (χ1n) is 8.50. The van der Waals surface area contributed by atoms with Gasteiger partial charge in [-0.25, -0.2) is 0 Å². The Morgan fingerprint density at radius 3 is 2.36 bits per heavy atom. The fourth-order valence-electron chi connectivity index (χ4n) is 4.20. The summed E-state index contributed by atoms with van der Waals surface area (Å²) in [5.74, 6) is -0.304. The summed E-state index contributed by atoms with van der Waals surface area (Å²) in [4.78, 5) is 0. The first-order valence-corrected chi connectivity index (χ1v) is 8.50. The highest BCUT2D eigenvalue weighted by Crippen LogP contribution is 2.46. The quantitative estimate of drug-likeness (QED) is 0.932. The van der Waals surface area contributed by atoms with Gasteiger partial charge in [-0.05, 0) is 24.8 Å². The predicted octanol–water partition coefficient (Wildman–Crippen LogP) is 2.62. The van der Waals surface area contributed by atoms with E-state index in [0.29, 0.717) is 6.04 Å². The SMILES string of the molecule is c1ccc(CN[C@H]2CCOC23CCC2(CC3)OCCO2)cc1. The Bertz CT molecular complexity index is 488. The molecule has 1 atom stereocenters. The Morgan fingerprint density at radius 1 is 0.909 bits per heavy atom. The van der Waals surface area contributed by atoms with Crippen LogP contribution in [0.4, 0.5) is 0 Å². The first-order chi connectivity index (χ1) is 10.8. The lowest BCUT2D eigenvalue weighted by Crippen LogP contribution is -2.53. The van der Waals surface area contributed by atoms with Gasteiger partial charge in [0.1, 0.15) is 0 Å². The van der Waals surface area contributed by atoms with E-state index in [-0.39, 0.29) is 11.4 Å². The Labute approximate surface area is 132 Å². The largest absolute Gasteiger partial charge is 0.373 e. The van der Waals surface area contributed by atoms with E-state index in [1.807, 2.05) is 0 Å². The minimum Gasteiger partial charge on any atom is -0.373 e. The normalized spacial score (nSPS) is 29.4. The second-order valence-corrected chi connectivity index (χ2v) is 6.73. The standard InChI is InChI=1S/C18H25NO3/c1-2-4-15(5-3-1)14-19-16-6-11-20-17(16)7-9-18(10-8-17)21-12-13-22-18/h1-5,16,19H,6-14H2/t16-/m0/s1. The van der Waals surface area contributed by atoms with Gasteiger partial charge in [-0.3, -0.25) is 0 Å². The highest BCUT2D eigenvalue weighted by molar-refractivity contribution is 5.15. The highest BCUT2D eigenvalue weighted by atomic mass is 16.7. The zero-order valence-corrected chi connectivity index (χ0v) is 13.1. The van der Waals surface area contributed by atoms with E-state index in [1.165, 1.54) is 5.56 Å². The summed E-state index contributed by atoms with van der Waals surface area (Å²) in [5.41, 5.74) is 1.31. The molecule has 0 aromatic heterocycles. The van der Waals surface area contributed by atoms with Crippen molar-refractivity contribution >= 4 is 0 Å². The van der Waals surface area contributed by atoms with Crippen molar-refractivity contribution in [1.82, 2.24) is 5.32 Å². The summed E-state index contributed by atoms with van der Waals surface area (Å²) >= 11 is 0. The van der Waals surface area contributed by atoms with Crippen LogP contribution in [-0.4, -0.2) is 37.3 Å². The molecule has 4 rings (SSSR count). The van der Waals surface area contributed by atoms with E-state index in [1.54, 1.807) is 0 Å². The maximum Gasteiger partial charge on any atom is 0.168 e. The summed E-state index contributed by atoms with van der Waals surface area (Å²) in [6.45, 7) is 3.25. The molecule has 2 saturated heterocycles. The van der Waals surface area contributed by atoms with Crippen molar-refractivity contribution in [3.8, 4) is 0 Å². The van der Waals surface area contributed by atoms with Crippen molar-refractivity contribution in [3.05, 3.63) is 35.9 Å². The van der Waals surface area contributed by atoms with Gasteiger partial charge in [-0.2, -0.15) is 0 Å². The molecule has 0 bridgehead atoms. The van der Waals surface area contributed by atoms with Crippen LogP contribution in [-0.2, 0) is 20.8 Å². The molecule has 3 fully saturated rings. The number of rotatable bonds is 3. The monoisotopic (exact) mass is 303 g/mol. The fourth-order valence-corrected chi connectivity index (χ4v) is 4.20. The van der Waals surface area contributed by atoms with Crippen molar-refractivity contribution in [2.24, 2.45) is 0 Å². The van der Waals surface area contributed by atoms with E-state index < -0.39 is 0 Å². The summed E-state index contributed by atoms with van der Waals surface area (Å²) in [7, 11) is 0. The Kier molecular flexibility index (Phi) is 3.95. The molecule has 0 amide bonds. The second-order valence-electron chi connectivity index (χ2n) is 6.73. The van der Waals surface area contributed by atoms with Crippen LogP contribution in [0.25, 0.3) is 0 Å². The van der Waals surface area contributed by atoms with Gasteiger partial charge in [-0.1, -0.05) is 30.3 Å². The van der Waals surface area contributed by atoms with E-state index >= 15 is 0 Å². The third kappa shape index (κ3) is 2.69.